The van der Waals surface area contributed by atoms with Gasteiger partial charge in [0.15, 0.2) is 17.5 Å². The Bertz CT molecular complexity index is 2930. The topological polar surface area (TPSA) is 51.8 Å². The maximum absolute atomic E-state index is 6.48. The van der Waals surface area contributed by atoms with E-state index in [0.717, 1.165) is 66.4 Å². The summed E-state index contributed by atoms with van der Waals surface area (Å²) in [5.74, 6) is 1.81. The lowest BCUT2D eigenvalue weighted by atomic mass is 10.00. The normalized spacial score (nSPS) is 11.4. The van der Waals surface area contributed by atoms with E-state index in [1.54, 1.807) is 0 Å². The molecule has 53 heavy (non-hydrogen) atoms. The summed E-state index contributed by atoms with van der Waals surface area (Å²) >= 11 is 0. The standard InChI is InChI=1S/C49H31N3O/c1-3-11-32(12-4-1)38-17-9-18-41(30-38)48-50-47(36-24-21-35(22-25-36)39-26-23-34-15-7-8-16-37(34)29-39)51-49(52-48)43-19-10-20-44-46(43)42-28-27-40(31-45(42)53-44)33-13-5-2-6-14-33/h1-31H. The third kappa shape index (κ3) is 5.73. The zero-order valence-corrected chi connectivity index (χ0v) is 28.6. The van der Waals surface area contributed by atoms with Gasteiger partial charge in [-0.3, -0.25) is 0 Å². The van der Waals surface area contributed by atoms with Crippen LogP contribution in [-0.2, 0) is 0 Å². The zero-order chi connectivity index (χ0) is 35.1. The minimum absolute atomic E-state index is 0.592. The highest BCUT2D eigenvalue weighted by molar-refractivity contribution is 6.12. The molecule has 10 aromatic rings. The minimum Gasteiger partial charge on any atom is -0.456 e. The Morgan fingerprint density at radius 3 is 1.60 bits per heavy atom. The fourth-order valence-electron chi connectivity index (χ4n) is 7.23. The number of nitrogens with zero attached hydrogens (tertiary/aromatic N) is 3. The van der Waals surface area contributed by atoms with E-state index < -0.39 is 0 Å². The van der Waals surface area contributed by atoms with E-state index in [-0.39, 0.29) is 0 Å². The maximum atomic E-state index is 6.48. The van der Waals surface area contributed by atoms with Gasteiger partial charge in [-0.2, -0.15) is 0 Å². The van der Waals surface area contributed by atoms with Crippen LogP contribution in [0.25, 0.3) is 100 Å². The molecule has 8 aromatic carbocycles. The van der Waals surface area contributed by atoms with Crippen LogP contribution in [0.1, 0.15) is 0 Å². The van der Waals surface area contributed by atoms with Crippen LogP contribution < -0.4 is 0 Å². The fraction of sp³-hybridized carbons (Fsp3) is 0. The van der Waals surface area contributed by atoms with Crippen molar-refractivity contribution >= 4 is 32.7 Å². The molecule has 10 rings (SSSR count). The van der Waals surface area contributed by atoms with Crippen LogP contribution in [0.2, 0.25) is 0 Å². The first-order chi connectivity index (χ1) is 26.2. The number of fused-ring (bicyclic) bond motifs is 4. The van der Waals surface area contributed by atoms with Crippen LogP contribution in [-0.4, -0.2) is 15.0 Å². The van der Waals surface area contributed by atoms with Crippen molar-refractivity contribution in [3.8, 4) is 67.5 Å². The van der Waals surface area contributed by atoms with Crippen LogP contribution in [0, 0.1) is 0 Å². The van der Waals surface area contributed by atoms with Gasteiger partial charge in [0.05, 0.1) is 0 Å². The summed E-state index contributed by atoms with van der Waals surface area (Å²) < 4.78 is 6.48. The molecule has 4 nitrogen and oxygen atoms in total. The Kier molecular flexibility index (Phi) is 7.43. The van der Waals surface area contributed by atoms with E-state index in [1.807, 2.05) is 24.3 Å². The Morgan fingerprint density at radius 2 is 0.830 bits per heavy atom. The van der Waals surface area contributed by atoms with Crippen molar-refractivity contribution in [2.24, 2.45) is 0 Å². The molecular weight excluding hydrogens is 647 g/mol. The van der Waals surface area contributed by atoms with E-state index >= 15 is 0 Å². The highest BCUT2D eigenvalue weighted by atomic mass is 16.3. The third-order valence-electron chi connectivity index (χ3n) is 9.93. The van der Waals surface area contributed by atoms with Crippen LogP contribution >= 0.6 is 0 Å². The average molecular weight is 678 g/mol. The summed E-state index contributed by atoms with van der Waals surface area (Å²) in [5, 5.41) is 4.45. The summed E-state index contributed by atoms with van der Waals surface area (Å²) in [5.41, 5.74) is 11.1. The van der Waals surface area contributed by atoms with Crippen molar-refractivity contribution in [3.63, 3.8) is 0 Å². The van der Waals surface area contributed by atoms with Crippen LogP contribution in [0.15, 0.2) is 192 Å². The zero-order valence-electron chi connectivity index (χ0n) is 28.6. The second kappa shape index (κ2) is 12.9. The van der Waals surface area contributed by atoms with E-state index in [0.29, 0.717) is 17.5 Å². The van der Waals surface area contributed by atoms with Gasteiger partial charge in [0.25, 0.3) is 0 Å². The van der Waals surface area contributed by atoms with Crippen molar-refractivity contribution in [1.82, 2.24) is 15.0 Å². The highest BCUT2D eigenvalue weighted by Crippen LogP contribution is 2.38. The Morgan fingerprint density at radius 1 is 0.302 bits per heavy atom. The van der Waals surface area contributed by atoms with Crippen molar-refractivity contribution < 1.29 is 4.42 Å². The first-order valence-corrected chi connectivity index (χ1v) is 17.8. The second-order valence-electron chi connectivity index (χ2n) is 13.3. The lowest BCUT2D eigenvalue weighted by Crippen LogP contribution is -2.00. The lowest BCUT2D eigenvalue weighted by molar-refractivity contribution is 0.669. The molecule has 0 aliphatic rings. The van der Waals surface area contributed by atoms with Gasteiger partial charge in [0, 0.05) is 27.5 Å². The van der Waals surface area contributed by atoms with Crippen molar-refractivity contribution in [1.29, 1.82) is 0 Å². The lowest BCUT2D eigenvalue weighted by Gasteiger charge is -2.11. The predicted molar refractivity (Wildman–Crippen MR) is 217 cm³/mol. The van der Waals surface area contributed by atoms with Gasteiger partial charge >= 0.3 is 0 Å². The molecule has 0 unspecified atom stereocenters. The average Bonchev–Trinajstić information content (AvgIpc) is 3.62. The molecule has 0 aliphatic heterocycles. The van der Waals surface area contributed by atoms with Crippen LogP contribution in [0.5, 0.6) is 0 Å². The van der Waals surface area contributed by atoms with Gasteiger partial charge in [-0.1, -0.05) is 158 Å². The van der Waals surface area contributed by atoms with Crippen molar-refractivity contribution in [3.05, 3.63) is 188 Å². The maximum Gasteiger partial charge on any atom is 0.164 e. The van der Waals surface area contributed by atoms with E-state index in [1.165, 1.54) is 16.3 Å². The molecule has 0 saturated heterocycles. The molecule has 0 bridgehead atoms. The first-order valence-electron chi connectivity index (χ1n) is 17.8. The molecule has 248 valence electrons. The third-order valence-corrected chi connectivity index (χ3v) is 9.93. The molecular formula is C49H31N3O. The molecule has 2 aromatic heterocycles. The number of aromatic nitrogens is 3. The van der Waals surface area contributed by atoms with Crippen LogP contribution in [0.4, 0.5) is 0 Å². The summed E-state index contributed by atoms with van der Waals surface area (Å²) in [6.45, 7) is 0. The predicted octanol–water partition coefficient (Wildman–Crippen LogP) is 12.9. The van der Waals surface area contributed by atoms with E-state index in [4.69, 9.17) is 19.4 Å². The summed E-state index contributed by atoms with van der Waals surface area (Å²) in [6.07, 6.45) is 0. The second-order valence-corrected chi connectivity index (χ2v) is 13.3. The summed E-state index contributed by atoms with van der Waals surface area (Å²) in [4.78, 5) is 15.4. The Labute approximate surface area is 306 Å². The molecule has 0 atom stereocenters. The molecule has 0 aliphatic carbocycles. The molecule has 0 fully saturated rings. The number of hydrogen-bond donors (Lipinski definition) is 0. The summed E-state index contributed by atoms with van der Waals surface area (Å²) in [7, 11) is 0. The molecule has 2 heterocycles. The van der Waals surface area contributed by atoms with Gasteiger partial charge in [0.1, 0.15) is 11.2 Å². The van der Waals surface area contributed by atoms with Gasteiger partial charge in [-0.05, 0) is 74.5 Å². The Balaban J connectivity index is 1.12. The van der Waals surface area contributed by atoms with Gasteiger partial charge in [0.2, 0.25) is 0 Å². The number of furan rings is 1. The number of benzene rings is 8. The molecule has 0 radical (unpaired) electrons. The number of hydrogen-bond acceptors (Lipinski definition) is 4. The van der Waals surface area contributed by atoms with E-state index in [2.05, 4.69) is 164 Å². The van der Waals surface area contributed by atoms with Crippen LogP contribution in [0.3, 0.4) is 0 Å². The monoisotopic (exact) mass is 677 g/mol. The molecule has 0 spiro atoms. The van der Waals surface area contributed by atoms with Gasteiger partial charge < -0.3 is 4.42 Å². The SMILES string of the molecule is c1ccc(-c2cccc(-c3nc(-c4ccc(-c5ccc6ccccc6c5)cc4)nc(-c4cccc5oc6cc(-c7ccccc7)ccc6c45)n3)c2)cc1. The van der Waals surface area contributed by atoms with E-state index in [9.17, 15) is 0 Å². The smallest absolute Gasteiger partial charge is 0.164 e. The van der Waals surface area contributed by atoms with Crippen molar-refractivity contribution in [2.75, 3.05) is 0 Å². The largest absolute Gasteiger partial charge is 0.456 e. The molecule has 0 saturated carbocycles. The van der Waals surface area contributed by atoms with Gasteiger partial charge in [-0.25, -0.2) is 15.0 Å². The molecule has 0 amide bonds. The quantitative estimate of drug-likeness (QED) is 0.176. The molecule has 0 N–H and O–H groups in total. The fourth-order valence-corrected chi connectivity index (χ4v) is 7.23. The van der Waals surface area contributed by atoms with Crippen molar-refractivity contribution in [2.45, 2.75) is 0 Å². The van der Waals surface area contributed by atoms with Gasteiger partial charge in [-0.15, -0.1) is 0 Å². The number of rotatable bonds is 6. The highest BCUT2D eigenvalue weighted by Gasteiger charge is 2.19. The first kappa shape index (κ1) is 30.6. The Hall–Kier alpha value is -7.17. The molecule has 4 heteroatoms. The summed E-state index contributed by atoms with van der Waals surface area (Å²) in [6, 6.07) is 65.2. The minimum atomic E-state index is 0.592.